The van der Waals surface area contributed by atoms with Crippen molar-refractivity contribution in [1.29, 1.82) is 0 Å². The van der Waals surface area contributed by atoms with Crippen LogP contribution in [-0.4, -0.2) is 25.0 Å². The maximum Gasteiger partial charge on any atom is 0.122 e. The predicted octanol–water partition coefficient (Wildman–Crippen LogP) is 3.01. The van der Waals surface area contributed by atoms with E-state index in [-0.39, 0.29) is 0 Å². The Morgan fingerprint density at radius 1 is 1.33 bits per heavy atom. The Bertz CT molecular complexity index is 353. The van der Waals surface area contributed by atoms with Crippen LogP contribution in [0.3, 0.4) is 0 Å². The van der Waals surface area contributed by atoms with E-state index in [9.17, 15) is 0 Å². The van der Waals surface area contributed by atoms with Crippen LogP contribution in [0.4, 0.5) is 0 Å². The lowest BCUT2D eigenvalue weighted by atomic mass is 9.87. The summed E-state index contributed by atoms with van der Waals surface area (Å²) in [7, 11) is 4.20. The van der Waals surface area contributed by atoms with Gasteiger partial charge in [0.15, 0.2) is 0 Å². The molecule has 0 unspecified atom stereocenters. The second kappa shape index (κ2) is 6.39. The van der Waals surface area contributed by atoms with Gasteiger partial charge in [0.1, 0.15) is 5.76 Å². The Labute approximate surface area is 111 Å². The minimum Gasteiger partial charge on any atom is -0.468 e. The summed E-state index contributed by atoms with van der Waals surface area (Å²) >= 11 is 0. The fourth-order valence-corrected chi connectivity index (χ4v) is 2.89. The molecule has 1 heterocycles. The highest BCUT2D eigenvalue weighted by molar-refractivity contribution is 5.16. The van der Waals surface area contributed by atoms with Crippen molar-refractivity contribution in [2.24, 2.45) is 5.92 Å². The summed E-state index contributed by atoms with van der Waals surface area (Å²) in [5, 5.41) is 3.19. The average Bonchev–Trinajstić information content (AvgIpc) is 2.78. The number of furan rings is 1. The third-order valence-electron chi connectivity index (χ3n) is 4.21. The molecule has 1 N–H and O–H groups in total. The van der Waals surface area contributed by atoms with Crippen molar-refractivity contribution in [3.63, 3.8) is 0 Å². The quantitative estimate of drug-likeness (QED) is 0.871. The zero-order chi connectivity index (χ0) is 13.0. The Balaban J connectivity index is 1.90. The van der Waals surface area contributed by atoms with Gasteiger partial charge in [0.25, 0.3) is 0 Å². The lowest BCUT2D eigenvalue weighted by Gasteiger charge is -2.33. The van der Waals surface area contributed by atoms with Gasteiger partial charge >= 0.3 is 0 Å². The highest BCUT2D eigenvalue weighted by Crippen LogP contribution is 2.27. The molecular weight excluding hydrogens is 224 g/mol. The highest BCUT2D eigenvalue weighted by Gasteiger charge is 2.22. The Hall–Kier alpha value is -0.800. The fraction of sp³-hybridized carbons (Fsp3) is 0.733. The second-order valence-corrected chi connectivity index (χ2v) is 5.73. The van der Waals surface area contributed by atoms with Crippen LogP contribution in [0.1, 0.15) is 43.9 Å². The molecule has 0 atom stereocenters. The topological polar surface area (TPSA) is 28.4 Å². The van der Waals surface area contributed by atoms with Crippen LogP contribution in [-0.2, 0) is 13.1 Å². The third-order valence-corrected chi connectivity index (χ3v) is 4.21. The molecule has 0 bridgehead atoms. The first kappa shape index (κ1) is 13.6. The molecule has 0 saturated heterocycles. The molecular formula is C15H26N2O. The molecule has 1 aromatic rings. The molecule has 1 aliphatic carbocycles. The van der Waals surface area contributed by atoms with Crippen molar-refractivity contribution >= 4 is 0 Å². The van der Waals surface area contributed by atoms with Gasteiger partial charge in [-0.15, -0.1) is 0 Å². The van der Waals surface area contributed by atoms with E-state index in [2.05, 4.69) is 30.3 Å². The Morgan fingerprint density at radius 3 is 2.72 bits per heavy atom. The summed E-state index contributed by atoms with van der Waals surface area (Å²) in [6, 6.07) is 2.80. The van der Waals surface area contributed by atoms with Gasteiger partial charge in [0.05, 0.1) is 12.8 Å². The molecule has 3 heteroatoms. The molecule has 3 nitrogen and oxygen atoms in total. The number of hydrogen-bond donors (Lipinski definition) is 1. The predicted molar refractivity (Wildman–Crippen MR) is 74.4 cm³/mol. The van der Waals surface area contributed by atoms with Crippen molar-refractivity contribution in [2.45, 2.75) is 51.7 Å². The smallest absolute Gasteiger partial charge is 0.122 e. The first-order valence-corrected chi connectivity index (χ1v) is 7.10. The van der Waals surface area contributed by atoms with Gasteiger partial charge in [-0.2, -0.15) is 0 Å². The van der Waals surface area contributed by atoms with E-state index in [0.717, 1.165) is 30.8 Å². The minimum absolute atomic E-state index is 0.730. The molecule has 1 fully saturated rings. The van der Waals surface area contributed by atoms with Gasteiger partial charge in [-0.3, -0.25) is 4.90 Å². The summed E-state index contributed by atoms with van der Waals surface area (Å²) in [6.45, 7) is 4.19. The van der Waals surface area contributed by atoms with E-state index in [0.29, 0.717) is 0 Å². The van der Waals surface area contributed by atoms with Crippen molar-refractivity contribution in [1.82, 2.24) is 10.2 Å². The van der Waals surface area contributed by atoms with Crippen molar-refractivity contribution < 1.29 is 4.42 Å². The highest BCUT2D eigenvalue weighted by atomic mass is 16.3. The largest absolute Gasteiger partial charge is 0.468 e. The number of rotatable bonds is 5. The molecule has 1 aromatic heterocycles. The van der Waals surface area contributed by atoms with Crippen molar-refractivity contribution in [3.05, 3.63) is 23.7 Å². The molecule has 102 valence electrons. The number of hydrogen-bond acceptors (Lipinski definition) is 3. The molecule has 0 spiro atoms. The summed E-state index contributed by atoms with van der Waals surface area (Å²) in [4.78, 5) is 2.46. The van der Waals surface area contributed by atoms with Crippen LogP contribution < -0.4 is 5.32 Å². The first-order chi connectivity index (χ1) is 8.70. The van der Waals surface area contributed by atoms with Gasteiger partial charge < -0.3 is 9.73 Å². The van der Waals surface area contributed by atoms with Crippen LogP contribution in [0.2, 0.25) is 0 Å². The van der Waals surface area contributed by atoms with Crippen LogP contribution in [0.25, 0.3) is 0 Å². The van der Waals surface area contributed by atoms with Crippen LogP contribution >= 0.6 is 0 Å². The van der Waals surface area contributed by atoms with Crippen LogP contribution in [0, 0.1) is 5.92 Å². The minimum atomic E-state index is 0.730. The van der Waals surface area contributed by atoms with Gasteiger partial charge in [-0.05, 0) is 51.8 Å². The third kappa shape index (κ3) is 3.36. The zero-order valence-corrected chi connectivity index (χ0v) is 11.9. The van der Waals surface area contributed by atoms with Gasteiger partial charge in [-0.25, -0.2) is 0 Å². The maximum absolute atomic E-state index is 5.62. The van der Waals surface area contributed by atoms with E-state index >= 15 is 0 Å². The van der Waals surface area contributed by atoms with E-state index < -0.39 is 0 Å². The standard InChI is InChI=1S/C15H26N2O/c1-12-4-6-14(7-5-12)17(3)11-15-13(10-16-2)8-9-18-15/h8-9,12,14,16H,4-7,10-11H2,1-3H3. The maximum atomic E-state index is 5.62. The molecule has 0 aliphatic heterocycles. The van der Waals surface area contributed by atoms with Gasteiger partial charge in [0, 0.05) is 18.2 Å². The lowest BCUT2D eigenvalue weighted by Crippen LogP contribution is -2.34. The molecule has 0 amide bonds. The van der Waals surface area contributed by atoms with E-state index in [1.54, 1.807) is 6.26 Å². The Kier molecular flexibility index (Phi) is 4.84. The molecule has 0 radical (unpaired) electrons. The summed E-state index contributed by atoms with van der Waals surface area (Å²) in [5.74, 6) is 2.03. The lowest BCUT2D eigenvalue weighted by molar-refractivity contribution is 0.154. The van der Waals surface area contributed by atoms with Gasteiger partial charge in [0.2, 0.25) is 0 Å². The summed E-state index contributed by atoms with van der Waals surface area (Å²) in [6.07, 6.45) is 7.21. The van der Waals surface area contributed by atoms with E-state index in [1.165, 1.54) is 31.2 Å². The molecule has 2 rings (SSSR count). The zero-order valence-electron chi connectivity index (χ0n) is 11.9. The van der Waals surface area contributed by atoms with E-state index in [4.69, 9.17) is 4.42 Å². The summed E-state index contributed by atoms with van der Waals surface area (Å²) in [5.41, 5.74) is 1.29. The SMILES string of the molecule is CNCc1ccoc1CN(C)C1CCC(C)CC1. The summed E-state index contributed by atoms with van der Waals surface area (Å²) < 4.78 is 5.62. The molecule has 1 aliphatic rings. The first-order valence-electron chi connectivity index (χ1n) is 7.10. The Morgan fingerprint density at radius 2 is 2.06 bits per heavy atom. The van der Waals surface area contributed by atoms with Crippen LogP contribution in [0.5, 0.6) is 0 Å². The van der Waals surface area contributed by atoms with Crippen molar-refractivity contribution in [2.75, 3.05) is 14.1 Å². The molecule has 0 aromatic carbocycles. The van der Waals surface area contributed by atoms with E-state index in [1.807, 2.05) is 7.05 Å². The second-order valence-electron chi connectivity index (χ2n) is 5.73. The number of nitrogens with one attached hydrogen (secondary N) is 1. The number of nitrogens with zero attached hydrogens (tertiary/aromatic N) is 1. The van der Waals surface area contributed by atoms with Crippen molar-refractivity contribution in [3.8, 4) is 0 Å². The average molecular weight is 250 g/mol. The van der Waals surface area contributed by atoms with Crippen LogP contribution in [0.15, 0.2) is 16.7 Å². The monoisotopic (exact) mass is 250 g/mol. The van der Waals surface area contributed by atoms with Gasteiger partial charge in [-0.1, -0.05) is 6.92 Å². The normalized spacial score (nSPS) is 24.7. The molecule has 1 saturated carbocycles. The molecule has 18 heavy (non-hydrogen) atoms. The fourth-order valence-electron chi connectivity index (χ4n) is 2.89.